The number of benzene rings is 2. The van der Waals surface area contributed by atoms with Crippen molar-refractivity contribution in [3.63, 3.8) is 0 Å². The molecule has 0 fully saturated rings. The first-order valence-corrected chi connectivity index (χ1v) is 11.0. The van der Waals surface area contributed by atoms with Crippen LogP contribution in [0, 0.1) is 25.7 Å². The quantitative estimate of drug-likeness (QED) is 0.345. The Morgan fingerprint density at radius 2 is 1.92 bits per heavy atom. The minimum Gasteiger partial charge on any atom is -0.322 e. The number of amides is 1. The second kappa shape index (κ2) is 9.23. The van der Waals surface area contributed by atoms with E-state index in [1.807, 2.05) is 19.9 Å². The molecule has 5 aromatic rings. The molecule has 37 heavy (non-hydrogen) atoms. The summed E-state index contributed by atoms with van der Waals surface area (Å²) in [6.07, 6.45) is -0.514. The molecule has 0 spiro atoms. The van der Waals surface area contributed by atoms with Gasteiger partial charge in [-0.25, -0.2) is 14.6 Å². The van der Waals surface area contributed by atoms with Gasteiger partial charge in [-0.05, 0) is 55.8 Å². The normalized spacial score (nSPS) is 11.3. The number of nitrogens with one attached hydrogen (secondary N) is 2. The topological polar surface area (TPSA) is 101 Å². The molecule has 184 valence electrons. The number of carbonyl (C=O) groups is 1. The van der Waals surface area contributed by atoms with Gasteiger partial charge in [0, 0.05) is 34.0 Å². The number of alkyl halides is 3. The van der Waals surface area contributed by atoms with Crippen LogP contribution in [0.4, 0.5) is 18.9 Å². The number of aromatic nitrogens is 6. The van der Waals surface area contributed by atoms with Crippen LogP contribution in [0.1, 0.15) is 38.3 Å². The van der Waals surface area contributed by atoms with Crippen molar-refractivity contribution in [2.24, 2.45) is 0 Å². The summed E-state index contributed by atoms with van der Waals surface area (Å²) in [5.74, 6) is 5.52. The number of carbonyl (C=O) groups excluding carboxylic acids is 1. The Labute approximate surface area is 208 Å². The highest BCUT2D eigenvalue weighted by Crippen LogP contribution is 2.33. The molecule has 0 aliphatic rings. The lowest BCUT2D eigenvalue weighted by Crippen LogP contribution is -2.14. The highest BCUT2D eigenvalue weighted by atomic mass is 19.4. The number of hydrogen-bond acceptors (Lipinski definition) is 5. The minimum atomic E-state index is -4.62. The van der Waals surface area contributed by atoms with E-state index in [0.29, 0.717) is 16.8 Å². The number of pyridine rings is 1. The van der Waals surface area contributed by atoms with Gasteiger partial charge < -0.3 is 5.32 Å². The average Bonchev–Trinajstić information content (AvgIpc) is 3.53. The lowest BCUT2D eigenvalue weighted by Gasteiger charge is -2.13. The van der Waals surface area contributed by atoms with Crippen LogP contribution in [-0.4, -0.2) is 35.9 Å². The Bertz CT molecular complexity index is 1690. The zero-order valence-electron chi connectivity index (χ0n) is 19.6. The molecule has 5 rings (SSSR count). The number of aromatic amines is 1. The van der Waals surface area contributed by atoms with Crippen molar-refractivity contribution in [1.82, 2.24) is 29.9 Å². The number of nitrogens with zero attached hydrogens (tertiary/aromatic N) is 5. The van der Waals surface area contributed by atoms with E-state index >= 15 is 0 Å². The predicted octanol–water partition coefficient (Wildman–Crippen LogP) is 4.83. The zero-order valence-corrected chi connectivity index (χ0v) is 19.6. The highest BCUT2D eigenvalue weighted by molar-refractivity contribution is 6.04. The molecule has 0 saturated carbocycles. The predicted molar refractivity (Wildman–Crippen MR) is 130 cm³/mol. The van der Waals surface area contributed by atoms with Gasteiger partial charge in [0.2, 0.25) is 0 Å². The van der Waals surface area contributed by atoms with Gasteiger partial charge in [-0.1, -0.05) is 17.9 Å². The number of rotatable bonds is 3. The van der Waals surface area contributed by atoms with Crippen molar-refractivity contribution in [2.45, 2.75) is 20.0 Å². The van der Waals surface area contributed by atoms with Gasteiger partial charge in [-0.15, -0.1) is 0 Å². The van der Waals surface area contributed by atoms with Crippen molar-refractivity contribution >= 4 is 22.6 Å². The van der Waals surface area contributed by atoms with E-state index in [0.717, 1.165) is 28.8 Å². The summed E-state index contributed by atoms with van der Waals surface area (Å²) in [5, 5.41) is 14.2. The molecule has 0 atom stereocenters. The fourth-order valence-electron chi connectivity index (χ4n) is 3.66. The number of halogens is 3. The molecule has 0 aliphatic carbocycles. The minimum absolute atomic E-state index is 0.0339. The molecule has 2 N–H and O–H groups in total. The Balaban J connectivity index is 1.43. The van der Waals surface area contributed by atoms with Gasteiger partial charge in [0.25, 0.3) is 5.91 Å². The van der Waals surface area contributed by atoms with Gasteiger partial charge >= 0.3 is 6.18 Å². The van der Waals surface area contributed by atoms with Crippen molar-refractivity contribution < 1.29 is 18.0 Å². The molecule has 0 unspecified atom stereocenters. The Morgan fingerprint density at radius 1 is 1.08 bits per heavy atom. The summed E-state index contributed by atoms with van der Waals surface area (Å²) in [5.41, 5.74) is 2.98. The van der Waals surface area contributed by atoms with Gasteiger partial charge in [0.05, 0.1) is 16.9 Å². The molecule has 8 nitrogen and oxygen atoms in total. The molecular weight excluding hydrogens is 483 g/mol. The van der Waals surface area contributed by atoms with E-state index in [1.165, 1.54) is 23.4 Å². The largest absolute Gasteiger partial charge is 0.416 e. The molecular formula is C26H18F3N7O. The summed E-state index contributed by atoms with van der Waals surface area (Å²) in [7, 11) is 0. The van der Waals surface area contributed by atoms with E-state index in [2.05, 4.69) is 42.4 Å². The molecule has 11 heteroatoms. The SMILES string of the molecule is Cc1ccc(C(=O)Nc2cc(-n3cncn3)cc(C(F)(F)F)c2)cc1C#Cc1cnc2[nH]nc(C)c2c1. The Hall–Kier alpha value is -4.98. The summed E-state index contributed by atoms with van der Waals surface area (Å²) in [6.45, 7) is 3.72. The van der Waals surface area contributed by atoms with Gasteiger partial charge in [-0.2, -0.15) is 23.4 Å². The number of H-pyrrole nitrogens is 1. The van der Waals surface area contributed by atoms with Gasteiger partial charge in [0.1, 0.15) is 12.7 Å². The average molecular weight is 501 g/mol. The fourth-order valence-corrected chi connectivity index (χ4v) is 3.66. The first-order chi connectivity index (χ1) is 17.7. The highest BCUT2D eigenvalue weighted by Gasteiger charge is 2.31. The third-order valence-electron chi connectivity index (χ3n) is 5.63. The monoisotopic (exact) mass is 501 g/mol. The van der Waals surface area contributed by atoms with E-state index in [9.17, 15) is 18.0 Å². The summed E-state index contributed by atoms with van der Waals surface area (Å²) < 4.78 is 41.6. The van der Waals surface area contributed by atoms with E-state index in [-0.39, 0.29) is 16.9 Å². The van der Waals surface area contributed by atoms with Crippen molar-refractivity contribution in [2.75, 3.05) is 5.32 Å². The first-order valence-electron chi connectivity index (χ1n) is 11.0. The molecule has 3 aromatic heterocycles. The fraction of sp³-hybridized carbons (Fsp3) is 0.115. The van der Waals surface area contributed by atoms with E-state index < -0.39 is 17.6 Å². The Kier molecular flexibility index (Phi) is 5.93. The lowest BCUT2D eigenvalue weighted by molar-refractivity contribution is -0.137. The van der Waals surface area contributed by atoms with Gasteiger partial charge in [-0.3, -0.25) is 9.89 Å². The molecule has 0 bridgehead atoms. The molecule has 1 amide bonds. The molecule has 2 aromatic carbocycles. The van der Waals surface area contributed by atoms with Gasteiger partial charge in [0.15, 0.2) is 5.65 Å². The second-order valence-electron chi connectivity index (χ2n) is 8.27. The number of aryl methyl sites for hydroxylation is 2. The molecule has 0 radical (unpaired) electrons. The first kappa shape index (κ1) is 23.7. The second-order valence-corrected chi connectivity index (χ2v) is 8.27. The Morgan fingerprint density at radius 3 is 2.68 bits per heavy atom. The van der Waals surface area contributed by atoms with Crippen LogP contribution in [0.3, 0.4) is 0 Å². The molecule has 0 aliphatic heterocycles. The van der Waals surface area contributed by atoms with Crippen molar-refractivity contribution in [1.29, 1.82) is 0 Å². The van der Waals surface area contributed by atoms with Crippen molar-refractivity contribution in [3.05, 3.63) is 94.8 Å². The van der Waals surface area contributed by atoms with Crippen LogP contribution in [0.5, 0.6) is 0 Å². The lowest BCUT2D eigenvalue weighted by atomic mass is 10.0. The van der Waals surface area contributed by atoms with Crippen LogP contribution >= 0.6 is 0 Å². The zero-order chi connectivity index (χ0) is 26.2. The van der Waals surface area contributed by atoms with Crippen LogP contribution < -0.4 is 5.32 Å². The third kappa shape index (κ3) is 5.04. The summed E-state index contributed by atoms with van der Waals surface area (Å²) >= 11 is 0. The maximum Gasteiger partial charge on any atom is 0.416 e. The van der Waals surface area contributed by atoms with Crippen LogP contribution in [0.25, 0.3) is 16.7 Å². The third-order valence-corrected chi connectivity index (χ3v) is 5.63. The number of anilines is 1. The maximum atomic E-state index is 13.5. The summed E-state index contributed by atoms with van der Waals surface area (Å²) in [6, 6.07) is 9.98. The van der Waals surface area contributed by atoms with Crippen LogP contribution in [0.2, 0.25) is 0 Å². The van der Waals surface area contributed by atoms with Crippen LogP contribution in [-0.2, 0) is 6.18 Å². The van der Waals surface area contributed by atoms with Crippen molar-refractivity contribution in [3.8, 4) is 17.5 Å². The molecule has 3 heterocycles. The maximum absolute atomic E-state index is 13.5. The van der Waals surface area contributed by atoms with Crippen LogP contribution in [0.15, 0.2) is 61.3 Å². The standard InChI is InChI=1S/C26H18F3N7O/c1-15-3-5-19(8-18(15)6-4-17-7-23-16(2)34-35-24(23)31-12-17)25(37)33-21-9-20(26(27,28)29)10-22(11-21)36-14-30-13-32-36/h3,5,7-14H,1-2H3,(H,33,37)(H,31,34,35). The number of hydrogen-bond donors (Lipinski definition) is 2. The summed E-state index contributed by atoms with van der Waals surface area (Å²) in [4.78, 5) is 21.0. The van der Waals surface area contributed by atoms with E-state index in [1.54, 1.807) is 24.4 Å². The molecule has 0 saturated heterocycles. The number of fused-ring (bicyclic) bond motifs is 1. The smallest absolute Gasteiger partial charge is 0.322 e. The van der Waals surface area contributed by atoms with E-state index in [4.69, 9.17) is 0 Å².